The topological polar surface area (TPSA) is 21.1 Å². The van der Waals surface area contributed by atoms with E-state index in [9.17, 15) is 0 Å². The number of nitrogens with zero attached hydrogens (tertiary/aromatic N) is 3. The third kappa shape index (κ3) is 2.20. The summed E-state index contributed by atoms with van der Waals surface area (Å²) in [4.78, 5) is 7.47. The van der Waals surface area contributed by atoms with Gasteiger partial charge in [-0.2, -0.15) is 0 Å². The van der Waals surface area contributed by atoms with Gasteiger partial charge in [0.2, 0.25) is 0 Å². The van der Waals surface area contributed by atoms with Gasteiger partial charge in [0.15, 0.2) is 0 Å². The van der Waals surface area contributed by atoms with E-state index in [1.165, 1.54) is 50.4 Å². The second kappa shape index (κ2) is 4.69. The van der Waals surface area contributed by atoms with Crippen LogP contribution in [0.4, 0.5) is 0 Å². The van der Waals surface area contributed by atoms with Crippen molar-refractivity contribution in [1.82, 2.24) is 14.5 Å². The van der Waals surface area contributed by atoms with Crippen molar-refractivity contribution in [2.45, 2.75) is 58.5 Å². The van der Waals surface area contributed by atoms with Gasteiger partial charge >= 0.3 is 0 Å². The van der Waals surface area contributed by atoms with Crippen LogP contribution in [0.2, 0.25) is 0 Å². The number of likely N-dealkylation sites (tertiary alicyclic amines) is 1. The molecule has 2 aliphatic heterocycles. The van der Waals surface area contributed by atoms with Crippen LogP contribution < -0.4 is 0 Å². The van der Waals surface area contributed by atoms with Crippen LogP contribution >= 0.6 is 0 Å². The van der Waals surface area contributed by atoms with E-state index in [0.717, 1.165) is 5.92 Å². The monoisotopic (exact) mass is 247 g/mol. The fourth-order valence-corrected chi connectivity index (χ4v) is 3.33. The third-order valence-corrected chi connectivity index (χ3v) is 4.62. The van der Waals surface area contributed by atoms with Gasteiger partial charge in [-0.05, 0) is 39.2 Å². The summed E-state index contributed by atoms with van der Waals surface area (Å²) in [6, 6.07) is 0.673. The van der Waals surface area contributed by atoms with E-state index in [1.807, 2.05) is 0 Å². The van der Waals surface area contributed by atoms with Gasteiger partial charge in [-0.25, -0.2) is 4.98 Å². The van der Waals surface area contributed by atoms with Gasteiger partial charge in [0.1, 0.15) is 5.82 Å². The van der Waals surface area contributed by atoms with Crippen molar-refractivity contribution >= 4 is 0 Å². The van der Waals surface area contributed by atoms with E-state index in [-0.39, 0.29) is 0 Å². The maximum Gasteiger partial charge on any atom is 0.108 e. The number of hydrogen-bond donors (Lipinski definition) is 0. The van der Waals surface area contributed by atoms with Crippen molar-refractivity contribution in [3.63, 3.8) is 0 Å². The molecular formula is C15H25N3. The number of fused-ring (bicyclic) bond motifs is 1. The highest BCUT2D eigenvalue weighted by atomic mass is 15.2. The van der Waals surface area contributed by atoms with Crippen LogP contribution in [0.25, 0.3) is 0 Å². The molecule has 3 nitrogen and oxygen atoms in total. The quantitative estimate of drug-likeness (QED) is 0.801. The Balaban J connectivity index is 1.74. The molecule has 1 aromatic rings. The Bertz CT molecular complexity index is 421. The molecule has 3 heteroatoms. The lowest BCUT2D eigenvalue weighted by atomic mass is 10.0. The molecule has 1 fully saturated rings. The maximum atomic E-state index is 4.90. The van der Waals surface area contributed by atoms with Crippen LogP contribution in [0, 0.1) is 5.92 Å². The highest BCUT2D eigenvalue weighted by Crippen LogP contribution is 2.29. The smallest absolute Gasteiger partial charge is 0.108 e. The summed E-state index contributed by atoms with van der Waals surface area (Å²) in [6.07, 6.45) is 6.09. The van der Waals surface area contributed by atoms with Gasteiger partial charge in [0.05, 0.1) is 5.69 Å². The van der Waals surface area contributed by atoms with Gasteiger partial charge in [-0.1, -0.05) is 6.92 Å². The highest BCUT2D eigenvalue weighted by Gasteiger charge is 2.28. The molecule has 0 N–H and O–H groups in total. The molecular weight excluding hydrogens is 222 g/mol. The first-order valence-corrected chi connectivity index (χ1v) is 7.43. The zero-order chi connectivity index (χ0) is 12.7. The van der Waals surface area contributed by atoms with Crippen LogP contribution in [0.1, 0.15) is 51.0 Å². The lowest BCUT2D eigenvalue weighted by molar-refractivity contribution is 0.272. The molecule has 1 aromatic heterocycles. The number of aryl methyl sites for hydroxylation is 1. The van der Waals surface area contributed by atoms with Crippen LogP contribution in [0.15, 0.2) is 6.20 Å². The summed E-state index contributed by atoms with van der Waals surface area (Å²) in [6.45, 7) is 10.5. The van der Waals surface area contributed by atoms with Crippen LogP contribution in [0.3, 0.4) is 0 Å². The third-order valence-electron chi connectivity index (χ3n) is 4.62. The average Bonchev–Trinajstić information content (AvgIpc) is 2.93. The molecule has 0 spiro atoms. The maximum absolute atomic E-state index is 4.90. The summed E-state index contributed by atoms with van der Waals surface area (Å²) in [5, 5.41) is 0. The van der Waals surface area contributed by atoms with Gasteiger partial charge in [0.25, 0.3) is 0 Å². The summed E-state index contributed by atoms with van der Waals surface area (Å²) in [7, 11) is 0. The fraction of sp³-hybridized carbons (Fsp3) is 0.800. The van der Waals surface area contributed by atoms with Gasteiger partial charge in [0, 0.05) is 37.7 Å². The van der Waals surface area contributed by atoms with E-state index in [4.69, 9.17) is 4.98 Å². The Labute approximate surface area is 110 Å². The van der Waals surface area contributed by atoms with Crippen LogP contribution in [0.5, 0.6) is 0 Å². The first-order chi connectivity index (χ1) is 8.63. The predicted molar refractivity (Wildman–Crippen MR) is 73.8 cm³/mol. The van der Waals surface area contributed by atoms with Crippen LogP contribution in [-0.4, -0.2) is 33.6 Å². The Kier molecular flexibility index (Phi) is 3.18. The minimum Gasteiger partial charge on any atom is -0.334 e. The molecule has 3 rings (SSSR count). The van der Waals surface area contributed by atoms with E-state index in [0.29, 0.717) is 12.0 Å². The minimum absolute atomic E-state index is 0.667. The predicted octanol–water partition coefficient (Wildman–Crippen LogP) is 2.66. The highest BCUT2D eigenvalue weighted by molar-refractivity contribution is 5.13. The molecule has 0 saturated carbocycles. The average molecular weight is 247 g/mol. The number of aromatic nitrogens is 2. The second-order valence-electron chi connectivity index (χ2n) is 6.45. The van der Waals surface area contributed by atoms with Crippen molar-refractivity contribution in [2.75, 3.05) is 13.1 Å². The van der Waals surface area contributed by atoms with Crippen LogP contribution in [-0.2, 0) is 13.0 Å². The van der Waals surface area contributed by atoms with E-state index in [2.05, 4.69) is 36.4 Å². The summed E-state index contributed by atoms with van der Waals surface area (Å²) >= 11 is 0. The SMILES string of the molecule is CC1CCc2nc(C3CCN(C(C)C)C3)cn2C1. The van der Waals surface area contributed by atoms with E-state index in [1.54, 1.807) is 0 Å². The van der Waals surface area contributed by atoms with Gasteiger partial charge in [-0.3, -0.25) is 0 Å². The first-order valence-electron chi connectivity index (χ1n) is 7.43. The minimum atomic E-state index is 0.667. The molecule has 100 valence electrons. The lowest BCUT2D eigenvalue weighted by Gasteiger charge is -2.19. The lowest BCUT2D eigenvalue weighted by Crippen LogP contribution is -2.27. The van der Waals surface area contributed by atoms with E-state index < -0.39 is 0 Å². The molecule has 2 atom stereocenters. The first kappa shape index (κ1) is 12.2. The molecule has 3 heterocycles. The molecule has 0 aliphatic carbocycles. The van der Waals surface area contributed by atoms with E-state index >= 15 is 0 Å². The molecule has 0 bridgehead atoms. The van der Waals surface area contributed by atoms with Crippen molar-refractivity contribution in [3.05, 3.63) is 17.7 Å². The number of hydrogen-bond acceptors (Lipinski definition) is 2. The van der Waals surface area contributed by atoms with Crippen molar-refractivity contribution < 1.29 is 0 Å². The number of rotatable bonds is 2. The molecule has 0 aromatic carbocycles. The summed E-state index contributed by atoms with van der Waals surface area (Å²) < 4.78 is 2.40. The standard InChI is InChI=1S/C15H25N3/c1-11(2)17-7-6-13(9-17)14-10-18-8-12(3)4-5-15(18)16-14/h10-13H,4-9H2,1-3H3. The summed E-state index contributed by atoms with van der Waals surface area (Å²) in [5.74, 6) is 2.81. The fourth-order valence-electron chi connectivity index (χ4n) is 3.33. The molecule has 0 radical (unpaired) electrons. The molecule has 0 amide bonds. The molecule has 2 aliphatic rings. The largest absolute Gasteiger partial charge is 0.334 e. The van der Waals surface area contributed by atoms with Crippen molar-refractivity contribution in [1.29, 1.82) is 0 Å². The van der Waals surface area contributed by atoms with Crippen molar-refractivity contribution in [3.8, 4) is 0 Å². The Morgan fingerprint density at radius 2 is 2.11 bits per heavy atom. The zero-order valence-corrected chi connectivity index (χ0v) is 11.9. The molecule has 18 heavy (non-hydrogen) atoms. The molecule has 2 unspecified atom stereocenters. The van der Waals surface area contributed by atoms with Gasteiger partial charge < -0.3 is 9.47 Å². The molecule has 1 saturated heterocycles. The normalized spacial score (nSPS) is 28.9. The summed E-state index contributed by atoms with van der Waals surface area (Å²) in [5.41, 5.74) is 1.35. The second-order valence-corrected chi connectivity index (χ2v) is 6.45. The van der Waals surface area contributed by atoms with Crippen molar-refractivity contribution in [2.24, 2.45) is 5.92 Å². The Morgan fingerprint density at radius 1 is 1.28 bits per heavy atom. The number of imidazole rings is 1. The Hall–Kier alpha value is -0.830. The van der Waals surface area contributed by atoms with Gasteiger partial charge in [-0.15, -0.1) is 0 Å². The Morgan fingerprint density at radius 3 is 2.83 bits per heavy atom. The zero-order valence-electron chi connectivity index (χ0n) is 11.9.